The molecule has 0 heterocycles. The van der Waals surface area contributed by atoms with Crippen LogP contribution in [0.1, 0.15) is 18.5 Å². The van der Waals surface area contributed by atoms with Gasteiger partial charge in [0.15, 0.2) is 0 Å². The first-order valence-corrected chi connectivity index (χ1v) is 4.75. The zero-order valence-corrected chi connectivity index (χ0v) is 9.23. The number of hydrogen-bond acceptors (Lipinski definition) is 4. The molecule has 0 radical (unpaired) electrons. The average Bonchev–Trinajstić information content (AvgIpc) is 2.27. The third-order valence-electron chi connectivity index (χ3n) is 2.32. The molecule has 0 amide bonds. The number of hydrogen-bond donors (Lipinski definition) is 2. The van der Waals surface area contributed by atoms with Crippen LogP contribution in [0.2, 0.25) is 0 Å². The highest BCUT2D eigenvalue weighted by Crippen LogP contribution is 2.29. The summed E-state index contributed by atoms with van der Waals surface area (Å²) >= 11 is 0. The maximum absolute atomic E-state index is 9.41. The first kappa shape index (κ1) is 11.8. The van der Waals surface area contributed by atoms with Crippen LogP contribution < -0.4 is 15.2 Å². The Hall–Kier alpha value is -1.26. The fraction of sp³-hybridized carbons (Fsp3) is 0.455. The quantitative estimate of drug-likeness (QED) is 0.782. The summed E-state index contributed by atoms with van der Waals surface area (Å²) in [6.45, 7) is 1.65. The predicted octanol–water partition coefficient (Wildman–Crippen LogP) is 1.08. The Balaban J connectivity index is 3.07. The molecule has 15 heavy (non-hydrogen) atoms. The molecular formula is C11H17NO3. The highest BCUT2D eigenvalue weighted by Gasteiger charge is 2.16. The van der Waals surface area contributed by atoms with Gasteiger partial charge in [0.05, 0.1) is 26.4 Å². The Morgan fingerprint density at radius 2 is 1.93 bits per heavy atom. The number of methoxy groups -OCH3 is 2. The lowest BCUT2D eigenvalue weighted by atomic mass is 10.0. The molecule has 4 nitrogen and oxygen atoms in total. The van der Waals surface area contributed by atoms with E-state index in [9.17, 15) is 5.11 Å². The van der Waals surface area contributed by atoms with Crippen molar-refractivity contribution in [1.29, 1.82) is 0 Å². The van der Waals surface area contributed by atoms with Crippen LogP contribution in [0.4, 0.5) is 0 Å². The van der Waals surface area contributed by atoms with E-state index in [-0.39, 0.29) is 0 Å². The third-order valence-corrected chi connectivity index (χ3v) is 2.32. The van der Waals surface area contributed by atoms with Crippen molar-refractivity contribution in [3.63, 3.8) is 0 Å². The van der Waals surface area contributed by atoms with Gasteiger partial charge in [-0.3, -0.25) is 0 Å². The molecule has 0 saturated heterocycles. The zero-order chi connectivity index (χ0) is 11.4. The molecule has 0 aromatic heterocycles. The van der Waals surface area contributed by atoms with Gasteiger partial charge in [-0.2, -0.15) is 0 Å². The van der Waals surface area contributed by atoms with E-state index in [2.05, 4.69) is 0 Å². The zero-order valence-electron chi connectivity index (χ0n) is 9.23. The van der Waals surface area contributed by atoms with Crippen molar-refractivity contribution in [3.8, 4) is 11.5 Å². The second-order valence-corrected chi connectivity index (χ2v) is 3.37. The first-order valence-electron chi connectivity index (χ1n) is 4.75. The van der Waals surface area contributed by atoms with Crippen molar-refractivity contribution in [2.45, 2.75) is 19.1 Å². The molecule has 0 saturated carbocycles. The SMILES string of the molecule is COc1ccc(C(N)C(C)O)c(OC)c1. The van der Waals surface area contributed by atoms with Crippen LogP contribution in [0.25, 0.3) is 0 Å². The molecule has 0 aliphatic heterocycles. The molecule has 4 heteroatoms. The van der Waals surface area contributed by atoms with Gasteiger partial charge in [0.25, 0.3) is 0 Å². The molecule has 1 aromatic carbocycles. The number of ether oxygens (including phenoxy) is 2. The van der Waals surface area contributed by atoms with E-state index in [1.54, 1.807) is 39.3 Å². The number of rotatable bonds is 4. The fourth-order valence-electron chi connectivity index (χ4n) is 1.35. The van der Waals surface area contributed by atoms with E-state index in [1.807, 2.05) is 0 Å². The Kier molecular flexibility index (Phi) is 3.94. The summed E-state index contributed by atoms with van der Waals surface area (Å²) in [6.07, 6.45) is -0.618. The Bertz CT molecular complexity index is 326. The largest absolute Gasteiger partial charge is 0.497 e. The Morgan fingerprint density at radius 3 is 2.40 bits per heavy atom. The summed E-state index contributed by atoms with van der Waals surface area (Å²) < 4.78 is 10.3. The molecule has 0 fully saturated rings. The topological polar surface area (TPSA) is 64.7 Å². The van der Waals surface area contributed by atoms with E-state index >= 15 is 0 Å². The van der Waals surface area contributed by atoms with E-state index < -0.39 is 12.1 Å². The lowest BCUT2D eigenvalue weighted by Crippen LogP contribution is -2.23. The standard InChI is InChI=1S/C11H17NO3/c1-7(13)11(12)9-5-4-8(14-2)6-10(9)15-3/h4-7,11,13H,12H2,1-3H3. The molecule has 0 spiro atoms. The van der Waals surface area contributed by atoms with Gasteiger partial charge >= 0.3 is 0 Å². The number of benzene rings is 1. The van der Waals surface area contributed by atoms with Crippen molar-refractivity contribution in [3.05, 3.63) is 23.8 Å². The second kappa shape index (κ2) is 5.00. The highest BCUT2D eigenvalue weighted by atomic mass is 16.5. The normalized spacial score (nSPS) is 14.5. The second-order valence-electron chi connectivity index (χ2n) is 3.37. The molecular weight excluding hydrogens is 194 g/mol. The average molecular weight is 211 g/mol. The Labute approximate surface area is 89.6 Å². The molecule has 2 atom stereocenters. The molecule has 1 aromatic rings. The van der Waals surface area contributed by atoms with E-state index in [1.165, 1.54) is 0 Å². The van der Waals surface area contributed by atoms with E-state index in [4.69, 9.17) is 15.2 Å². The van der Waals surface area contributed by atoms with Crippen molar-refractivity contribution in [2.75, 3.05) is 14.2 Å². The smallest absolute Gasteiger partial charge is 0.127 e. The van der Waals surface area contributed by atoms with Gasteiger partial charge in [-0.15, -0.1) is 0 Å². The lowest BCUT2D eigenvalue weighted by molar-refractivity contribution is 0.162. The maximum atomic E-state index is 9.41. The van der Waals surface area contributed by atoms with Gasteiger partial charge in [0, 0.05) is 11.6 Å². The maximum Gasteiger partial charge on any atom is 0.127 e. The van der Waals surface area contributed by atoms with Gasteiger partial charge in [-0.1, -0.05) is 0 Å². The lowest BCUT2D eigenvalue weighted by Gasteiger charge is -2.18. The van der Waals surface area contributed by atoms with Gasteiger partial charge in [-0.05, 0) is 19.1 Å². The van der Waals surface area contributed by atoms with E-state index in [0.29, 0.717) is 11.5 Å². The summed E-state index contributed by atoms with van der Waals surface area (Å²) in [5.41, 5.74) is 6.61. The van der Waals surface area contributed by atoms with Crippen LogP contribution >= 0.6 is 0 Å². The van der Waals surface area contributed by atoms with Crippen molar-refractivity contribution >= 4 is 0 Å². The van der Waals surface area contributed by atoms with Crippen molar-refractivity contribution in [2.24, 2.45) is 5.73 Å². The van der Waals surface area contributed by atoms with Gasteiger partial charge in [0.2, 0.25) is 0 Å². The summed E-state index contributed by atoms with van der Waals surface area (Å²) in [5.74, 6) is 1.33. The summed E-state index contributed by atoms with van der Waals surface area (Å²) in [6, 6.07) is 4.89. The molecule has 3 N–H and O–H groups in total. The number of nitrogens with two attached hydrogens (primary N) is 1. The van der Waals surface area contributed by atoms with Crippen molar-refractivity contribution < 1.29 is 14.6 Å². The summed E-state index contributed by atoms with van der Waals surface area (Å²) in [5, 5.41) is 9.41. The van der Waals surface area contributed by atoms with Gasteiger partial charge in [-0.25, -0.2) is 0 Å². The molecule has 84 valence electrons. The predicted molar refractivity (Wildman–Crippen MR) is 58.2 cm³/mol. The fourth-order valence-corrected chi connectivity index (χ4v) is 1.35. The van der Waals surface area contributed by atoms with Crippen LogP contribution in [-0.4, -0.2) is 25.4 Å². The molecule has 1 rings (SSSR count). The minimum absolute atomic E-state index is 0.453. The molecule has 2 unspecified atom stereocenters. The van der Waals surface area contributed by atoms with Crippen LogP contribution in [0.15, 0.2) is 18.2 Å². The monoisotopic (exact) mass is 211 g/mol. The van der Waals surface area contributed by atoms with Crippen LogP contribution in [0, 0.1) is 0 Å². The number of aliphatic hydroxyl groups is 1. The molecule has 0 aliphatic rings. The van der Waals surface area contributed by atoms with Gasteiger partial charge < -0.3 is 20.3 Å². The van der Waals surface area contributed by atoms with Gasteiger partial charge in [0.1, 0.15) is 11.5 Å². The molecule has 0 bridgehead atoms. The van der Waals surface area contributed by atoms with Crippen molar-refractivity contribution in [1.82, 2.24) is 0 Å². The van der Waals surface area contributed by atoms with Crippen LogP contribution in [0.3, 0.4) is 0 Å². The summed E-state index contributed by atoms with van der Waals surface area (Å²) in [7, 11) is 3.15. The minimum atomic E-state index is -0.618. The first-order chi connectivity index (χ1) is 7.10. The number of aliphatic hydroxyl groups excluding tert-OH is 1. The Morgan fingerprint density at radius 1 is 1.27 bits per heavy atom. The third kappa shape index (κ3) is 2.61. The minimum Gasteiger partial charge on any atom is -0.497 e. The van der Waals surface area contributed by atoms with E-state index in [0.717, 1.165) is 5.56 Å². The molecule has 0 aliphatic carbocycles. The summed E-state index contributed by atoms with van der Waals surface area (Å²) in [4.78, 5) is 0. The van der Waals surface area contributed by atoms with Crippen LogP contribution in [0.5, 0.6) is 11.5 Å². The highest BCUT2D eigenvalue weighted by molar-refractivity contribution is 5.42. The van der Waals surface area contributed by atoms with Crippen LogP contribution in [-0.2, 0) is 0 Å².